The van der Waals surface area contributed by atoms with Gasteiger partial charge in [-0.05, 0) is 46.3 Å². The zero-order valence-electron chi connectivity index (χ0n) is 11.3. The van der Waals surface area contributed by atoms with Gasteiger partial charge in [0, 0.05) is 4.47 Å². The Labute approximate surface area is 135 Å². The van der Waals surface area contributed by atoms with Crippen molar-refractivity contribution in [2.24, 2.45) is 0 Å². The molecule has 1 N–H and O–H groups in total. The van der Waals surface area contributed by atoms with Gasteiger partial charge in [-0.15, -0.1) is 0 Å². The molecule has 0 aliphatic rings. The molecule has 0 aliphatic heterocycles. The number of rotatable bonds is 4. The van der Waals surface area contributed by atoms with Gasteiger partial charge in [-0.2, -0.15) is 0 Å². The normalized spacial score (nSPS) is 11.0. The second-order valence-corrected chi connectivity index (χ2v) is 6.73. The zero-order valence-corrected chi connectivity index (χ0v) is 13.7. The van der Waals surface area contributed by atoms with E-state index in [4.69, 9.17) is 0 Å². The van der Waals surface area contributed by atoms with Crippen molar-refractivity contribution in [3.63, 3.8) is 0 Å². The summed E-state index contributed by atoms with van der Waals surface area (Å²) in [4.78, 5) is 10.8. The van der Waals surface area contributed by atoms with Crippen LogP contribution in [-0.4, -0.2) is 21.5 Å². The highest BCUT2D eigenvalue weighted by Gasteiger charge is 2.22. The number of nitrogens with one attached hydrogen (secondary N) is 1. The number of carbonyl (C=O) groups excluding carboxylic acids is 1. The van der Waals surface area contributed by atoms with E-state index in [0.717, 1.165) is 25.3 Å². The van der Waals surface area contributed by atoms with Gasteiger partial charge in [0.25, 0.3) is 10.0 Å². The van der Waals surface area contributed by atoms with Crippen molar-refractivity contribution in [1.82, 2.24) is 0 Å². The quantitative estimate of drug-likeness (QED) is 0.817. The van der Waals surface area contributed by atoms with Crippen molar-refractivity contribution in [3.8, 4) is 0 Å². The van der Waals surface area contributed by atoms with Gasteiger partial charge in [0.05, 0.1) is 18.4 Å². The van der Waals surface area contributed by atoms with Crippen LogP contribution in [0.1, 0.15) is 10.4 Å². The fourth-order valence-electron chi connectivity index (χ4n) is 1.70. The second kappa shape index (κ2) is 6.45. The number of sulfonamides is 1. The van der Waals surface area contributed by atoms with E-state index >= 15 is 0 Å². The van der Waals surface area contributed by atoms with Crippen LogP contribution in [0.3, 0.4) is 0 Å². The van der Waals surface area contributed by atoms with Crippen LogP contribution in [0.5, 0.6) is 0 Å². The first-order chi connectivity index (χ1) is 10.3. The Morgan fingerprint density at radius 1 is 1.23 bits per heavy atom. The average molecular weight is 388 g/mol. The lowest BCUT2D eigenvalue weighted by molar-refractivity contribution is 0.0600. The highest BCUT2D eigenvalue weighted by molar-refractivity contribution is 9.10. The highest BCUT2D eigenvalue weighted by Crippen LogP contribution is 2.26. The first-order valence-corrected chi connectivity index (χ1v) is 8.28. The largest absolute Gasteiger partial charge is 0.465 e. The van der Waals surface area contributed by atoms with E-state index in [1.54, 1.807) is 18.2 Å². The molecule has 8 heteroatoms. The van der Waals surface area contributed by atoms with Gasteiger partial charge in [0.15, 0.2) is 0 Å². The number of ether oxygens (including phenoxy) is 1. The molecule has 2 rings (SSSR count). The minimum atomic E-state index is -4.19. The fraction of sp³-hybridized carbons (Fsp3) is 0.0714. The van der Waals surface area contributed by atoms with Crippen molar-refractivity contribution in [2.75, 3.05) is 11.8 Å². The number of methoxy groups -OCH3 is 1. The van der Waals surface area contributed by atoms with E-state index < -0.39 is 26.7 Å². The minimum absolute atomic E-state index is 0.0589. The molecule has 22 heavy (non-hydrogen) atoms. The third-order valence-corrected chi connectivity index (χ3v) is 4.83. The lowest BCUT2D eigenvalue weighted by Gasteiger charge is -2.11. The van der Waals surface area contributed by atoms with E-state index in [9.17, 15) is 17.6 Å². The lowest BCUT2D eigenvalue weighted by atomic mass is 10.2. The maximum absolute atomic E-state index is 13.9. The van der Waals surface area contributed by atoms with Crippen LogP contribution in [0, 0.1) is 5.82 Å². The van der Waals surface area contributed by atoms with Gasteiger partial charge in [-0.1, -0.05) is 12.1 Å². The second-order valence-electron chi connectivity index (χ2n) is 4.22. The summed E-state index contributed by atoms with van der Waals surface area (Å²) in [7, 11) is -3.04. The van der Waals surface area contributed by atoms with Crippen molar-refractivity contribution in [3.05, 3.63) is 58.3 Å². The molecule has 0 atom stereocenters. The smallest absolute Gasteiger partial charge is 0.337 e. The van der Waals surface area contributed by atoms with Crippen molar-refractivity contribution < 1.29 is 22.3 Å². The molecular formula is C14H11BrFNO4S. The molecule has 0 saturated heterocycles. The molecule has 0 heterocycles. The Morgan fingerprint density at radius 3 is 2.55 bits per heavy atom. The van der Waals surface area contributed by atoms with Crippen LogP contribution < -0.4 is 4.72 Å². The Kier molecular flexibility index (Phi) is 4.82. The molecule has 2 aromatic carbocycles. The molecule has 0 spiro atoms. The summed E-state index contributed by atoms with van der Waals surface area (Å²) >= 11 is 3.19. The molecule has 0 aromatic heterocycles. The number of halogens is 2. The molecule has 5 nitrogen and oxygen atoms in total. The molecular weight excluding hydrogens is 377 g/mol. The molecule has 0 saturated carbocycles. The van der Waals surface area contributed by atoms with Gasteiger partial charge in [-0.25, -0.2) is 17.6 Å². The Morgan fingerprint density at radius 2 is 1.91 bits per heavy atom. The number of esters is 1. The van der Waals surface area contributed by atoms with Crippen LogP contribution in [0.15, 0.2) is 51.8 Å². The molecule has 0 bridgehead atoms. The molecule has 0 amide bonds. The van der Waals surface area contributed by atoms with E-state index in [1.807, 2.05) is 0 Å². The maximum Gasteiger partial charge on any atom is 0.337 e. The third kappa shape index (κ3) is 3.45. The van der Waals surface area contributed by atoms with Crippen molar-refractivity contribution in [1.29, 1.82) is 0 Å². The SMILES string of the molecule is COC(=O)c1ccc(F)c(S(=O)(=O)Nc2ccccc2Br)c1. The number of benzene rings is 2. The summed E-state index contributed by atoms with van der Waals surface area (Å²) in [6, 6.07) is 9.48. The molecule has 0 fully saturated rings. The predicted octanol–water partition coefficient (Wildman–Crippen LogP) is 3.18. The summed E-state index contributed by atoms with van der Waals surface area (Å²) in [5, 5.41) is 0. The first kappa shape index (κ1) is 16.4. The van der Waals surface area contributed by atoms with Gasteiger partial charge in [-0.3, -0.25) is 4.72 Å². The van der Waals surface area contributed by atoms with Gasteiger partial charge in [0.1, 0.15) is 10.7 Å². The summed E-state index contributed by atoms with van der Waals surface area (Å²) in [6.45, 7) is 0. The van der Waals surface area contributed by atoms with Crippen molar-refractivity contribution >= 4 is 37.6 Å². The van der Waals surface area contributed by atoms with E-state index in [1.165, 1.54) is 6.07 Å². The number of anilines is 1. The highest BCUT2D eigenvalue weighted by atomic mass is 79.9. The van der Waals surface area contributed by atoms with Crippen LogP contribution in [0.4, 0.5) is 10.1 Å². The van der Waals surface area contributed by atoms with E-state index in [2.05, 4.69) is 25.4 Å². The molecule has 0 aliphatic carbocycles. The topological polar surface area (TPSA) is 72.5 Å². The van der Waals surface area contributed by atoms with Gasteiger partial charge in [0.2, 0.25) is 0 Å². The summed E-state index contributed by atoms with van der Waals surface area (Å²) in [6.07, 6.45) is 0. The molecule has 0 radical (unpaired) electrons. The number of hydrogen-bond donors (Lipinski definition) is 1. The third-order valence-electron chi connectivity index (χ3n) is 2.76. The predicted molar refractivity (Wildman–Crippen MR) is 82.7 cm³/mol. The fourth-order valence-corrected chi connectivity index (χ4v) is 3.40. The summed E-state index contributed by atoms with van der Waals surface area (Å²) in [5.74, 6) is -1.72. The average Bonchev–Trinajstić information content (AvgIpc) is 2.49. The van der Waals surface area contributed by atoms with E-state index in [-0.39, 0.29) is 11.3 Å². The summed E-state index contributed by atoms with van der Waals surface area (Å²) < 4.78 is 45.7. The van der Waals surface area contributed by atoms with Gasteiger partial charge < -0.3 is 4.74 Å². The minimum Gasteiger partial charge on any atom is -0.465 e. The Balaban J connectivity index is 2.45. The Hall–Kier alpha value is -1.93. The molecule has 2 aromatic rings. The zero-order chi connectivity index (χ0) is 16.3. The van der Waals surface area contributed by atoms with Crippen LogP contribution >= 0.6 is 15.9 Å². The first-order valence-electron chi connectivity index (χ1n) is 6.00. The monoisotopic (exact) mass is 387 g/mol. The lowest BCUT2D eigenvalue weighted by Crippen LogP contribution is -2.16. The van der Waals surface area contributed by atoms with Crippen molar-refractivity contribution in [2.45, 2.75) is 4.90 Å². The standard InChI is InChI=1S/C14H11BrFNO4S/c1-21-14(18)9-6-7-11(16)13(8-9)22(19,20)17-12-5-3-2-4-10(12)15/h2-8,17H,1H3. The molecule has 0 unspecified atom stereocenters. The van der Waals surface area contributed by atoms with Gasteiger partial charge >= 0.3 is 5.97 Å². The summed E-state index contributed by atoms with van der Waals surface area (Å²) in [5.41, 5.74) is 0.196. The van der Waals surface area contributed by atoms with Crippen LogP contribution in [0.2, 0.25) is 0 Å². The Bertz CT molecular complexity index is 823. The maximum atomic E-state index is 13.9. The number of carbonyl (C=O) groups is 1. The molecule has 116 valence electrons. The van der Waals surface area contributed by atoms with Crippen LogP contribution in [-0.2, 0) is 14.8 Å². The van der Waals surface area contributed by atoms with Crippen LogP contribution in [0.25, 0.3) is 0 Å². The number of para-hydroxylation sites is 1. The number of hydrogen-bond acceptors (Lipinski definition) is 4. The van der Waals surface area contributed by atoms with E-state index in [0.29, 0.717) is 4.47 Å².